The quantitative estimate of drug-likeness (QED) is 0.349. The van der Waals surface area contributed by atoms with Crippen molar-refractivity contribution in [1.29, 1.82) is 0 Å². The van der Waals surface area contributed by atoms with Crippen molar-refractivity contribution in [2.75, 3.05) is 5.73 Å². The molecule has 0 fully saturated rings. The Kier molecular flexibility index (Phi) is 5.38. The second kappa shape index (κ2) is 7.69. The predicted molar refractivity (Wildman–Crippen MR) is 104 cm³/mol. The Labute approximate surface area is 150 Å². The number of para-hydroxylation sites is 1. The first-order chi connectivity index (χ1) is 11.6. The zero-order valence-corrected chi connectivity index (χ0v) is 15.1. The van der Waals surface area contributed by atoms with E-state index in [0.717, 1.165) is 21.7 Å². The monoisotopic (exact) mass is 353 g/mol. The lowest BCUT2D eigenvalue weighted by Crippen LogP contribution is -2.05. The number of nitrogens with two attached hydrogens (primary N) is 1. The number of hydrogen-bond acceptors (Lipinski definition) is 4. The molecule has 0 unspecified atom stereocenters. The van der Waals surface area contributed by atoms with Crippen molar-refractivity contribution in [1.82, 2.24) is 0 Å². The van der Waals surface area contributed by atoms with Gasteiger partial charge in [-0.3, -0.25) is 4.79 Å². The van der Waals surface area contributed by atoms with E-state index in [2.05, 4.69) is 11.4 Å². The minimum atomic E-state index is 0.0646. The van der Waals surface area contributed by atoms with Crippen LogP contribution in [0.15, 0.2) is 70.3 Å². The minimum absolute atomic E-state index is 0.0646. The summed E-state index contributed by atoms with van der Waals surface area (Å²) in [6, 6.07) is 17.7. The maximum absolute atomic E-state index is 12.7. The Morgan fingerprint density at radius 1 is 1.12 bits per heavy atom. The maximum atomic E-state index is 12.7. The van der Waals surface area contributed by atoms with Gasteiger partial charge in [0.25, 0.3) is 0 Å². The zero-order chi connectivity index (χ0) is 16.9. The van der Waals surface area contributed by atoms with Gasteiger partial charge in [-0.1, -0.05) is 42.0 Å². The molecule has 3 aromatic rings. The van der Waals surface area contributed by atoms with Gasteiger partial charge in [0.1, 0.15) is 0 Å². The Bertz CT molecular complexity index is 810. The summed E-state index contributed by atoms with van der Waals surface area (Å²) in [5.41, 5.74) is 9.93. The van der Waals surface area contributed by atoms with Crippen molar-refractivity contribution in [3.05, 3.63) is 82.0 Å². The van der Waals surface area contributed by atoms with E-state index in [9.17, 15) is 4.79 Å². The molecule has 2 N–H and O–H groups in total. The zero-order valence-electron chi connectivity index (χ0n) is 13.4. The molecular weight excluding hydrogens is 334 g/mol. The molecule has 0 amide bonds. The van der Waals surface area contributed by atoms with Crippen molar-refractivity contribution in [2.24, 2.45) is 0 Å². The smallest absolute Gasteiger partial charge is 0.164 e. The lowest BCUT2D eigenvalue weighted by molar-refractivity contribution is 0.0982. The summed E-state index contributed by atoms with van der Waals surface area (Å²) in [4.78, 5) is 13.7. The van der Waals surface area contributed by atoms with E-state index in [1.165, 1.54) is 5.56 Å². The van der Waals surface area contributed by atoms with E-state index in [1.54, 1.807) is 23.1 Å². The number of anilines is 1. The van der Waals surface area contributed by atoms with Crippen LogP contribution in [0.4, 0.5) is 5.69 Å². The van der Waals surface area contributed by atoms with E-state index in [0.29, 0.717) is 6.42 Å². The van der Waals surface area contributed by atoms with Crippen LogP contribution in [-0.4, -0.2) is 5.78 Å². The third-order valence-corrected chi connectivity index (χ3v) is 5.90. The topological polar surface area (TPSA) is 43.1 Å². The Balaban J connectivity index is 1.82. The number of ketones is 1. The molecule has 2 nitrogen and oxygen atoms in total. The molecule has 0 bridgehead atoms. The first kappa shape index (κ1) is 16.8. The molecule has 0 spiro atoms. The number of hydrogen-bond donors (Lipinski definition) is 1. The van der Waals surface area contributed by atoms with Gasteiger partial charge in [-0.15, -0.1) is 11.8 Å². The van der Waals surface area contributed by atoms with Gasteiger partial charge in [0.15, 0.2) is 5.78 Å². The number of aryl methyl sites for hydroxylation is 1. The van der Waals surface area contributed by atoms with E-state index >= 15 is 0 Å². The molecular formula is C20H19NOS2. The molecule has 3 rings (SSSR count). The SMILES string of the molecule is Cc1ccc(C(=O)C[C@H](Sc2ccccc2N)c2ccsc2)cc1. The van der Waals surface area contributed by atoms with Gasteiger partial charge < -0.3 is 5.73 Å². The van der Waals surface area contributed by atoms with Gasteiger partial charge >= 0.3 is 0 Å². The summed E-state index contributed by atoms with van der Waals surface area (Å²) in [7, 11) is 0. The highest BCUT2D eigenvalue weighted by Gasteiger charge is 2.20. The number of thiophene rings is 1. The van der Waals surface area contributed by atoms with Gasteiger partial charge in [-0.2, -0.15) is 11.3 Å². The largest absolute Gasteiger partial charge is 0.398 e. The summed E-state index contributed by atoms with van der Waals surface area (Å²) < 4.78 is 0. The Morgan fingerprint density at radius 3 is 2.54 bits per heavy atom. The highest BCUT2D eigenvalue weighted by atomic mass is 32.2. The lowest BCUT2D eigenvalue weighted by Gasteiger charge is -2.16. The van der Waals surface area contributed by atoms with Crippen LogP contribution >= 0.6 is 23.1 Å². The summed E-state index contributed by atoms with van der Waals surface area (Å²) in [5.74, 6) is 0.160. The van der Waals surface area contributed by atoms with Crippen molar-refractivity contribution in [3.8, 4) is 0 Å². The van der Waals surface area contributed by atoms with Crippen LogP contribution in [0.2, 0.25) is 0 Å². The van der Waals surface area contributed by atoms with E-state index in [1.807, 2.05) is 60.8 Å². The number of nitrogen functional groups attached to an aromatic ring is 1. The molecule has 0 aliphatic rings. The molecule has 4 heteroatoms. The molecule has 1 heterocycles. The van der Waals surface area contributed by atoms with Gasteiger partial charge in [0.05, 0.1) is 0 Å². The summed E-state index contributed by atoms with van der Waals surface area (Å²) in [6.45, 7) is 2.02. The molecule has 0 saturated heterocycles. The molecule has 0 radical (unpaired) electrons. The van der Waals surface area contributed by atoms with Gasteiger partial charge in [-0.25, -0.2) is 0 Å². The number of rotatable bonds is 6. The van der Waals surface area contributed by atoms with Gasteiger partial charge in [-0.05, 0) is 41.4 Å². The van der Waals surface area contributed by atoms with E-state index in [4.69, 9.17) is 5.73 Å². The van der Waals surface area contributed by atoms with Crippen molar-refractivity contribution < 1.29 is 4.79 Å². The van der Waals surface area contributed by atoms with E-state index in [-0.39, 0.29) is 11.0 Å². The van der Waals surface area contributed by atoms with Crippen molar-refractivity contribution in [2.45, 2.75) is 23.5 Å². The molecule has 0 aliphatic heterocycles. The fraction of sp³-hybridized carbons (Fsp3) is 0.150. The number of Topliss-reactive ketones (excluding diaryl/α,β-unsaturated/α-hetero) is 1. The molecule has 0 aliphatic carbocycles. The van der Waals surface area contributed by atoms with Crippen LogP contribution in [-0.2, 0) is 0 Å². The molecule has 1 aromatic heterocycles. The van der Waals surface area contributed by atoms with Crippen LogP contribution in [0.25, 0.3) is 0 Å². The van der Waals surface area contributed by atoms with Crippen molar-refractivity contribution >= 4 is 34.6 Å². The molecule has 24 heavy (non-hydrogen) atoms. The second-order valence-corrected chi connectivity index (χ2v) is 7.72. The minimum Gasteiger partial charge on any atom is -0.398 e. The predicted octanol–water partition coefficient (Wildman–Crippen LogP) is 5.75. The third-order valence-electron chi connectivity index (χ3n) is 3.85. The van der Waals surface area contributed by atoms with E-state index < -0.39 is 0 Å². The molecule has 122 valence electrons. The lowest BCUT2D eigenvalue weighted by atomic mass is 10.0. The van der Waals surface area contributed by atoms with Gasteiger partial charge in [0, 0.05) is 27.8 Å². The molecule has 2 aromatic carbocycles. The van der Waals surface area contributed by atoms with Crippen molar-refractivity contribution in [3.63, 3.8) is 0 Å². The number of thioether (sulfide) groups is 1. The number of benzene rings is 2. The van der Waals surface area contributed by atoms with Crippen LogP contribution < -0.4 is 5.73 Å². The van der Waals surface area contributed by atoms with Crippen LogP contribution in [0.1, 0.15) is 33.2 Å². The number of carbonyl (C=O) groups is 1. The van der Waals surface area contributed by atoms with Gasteiger partial charge in [0.2, 0.25) is 0 Å². The molecule has 1 atom stereocenters. The summed E-state index contributed by atoms with van der Waals surface area (Å²) in [5, 5.41) is 4.22. The third kappa shape index (κ3) is 4.08. The fourth-order valence-corrected chi connectivity index (χ4v) is 4.44. The summed E-state index contributed by atoms with van der Waals surface area (Å²) >= 11 is 3.31. The second-order valence-electron chi connectivity index (χ2n) is 5.69. The van der Waals surface area contributed by atoms with Crippen LogP contribution in [0.5, 0.6) is 0 Å². The Morgan fingerprint density at radius 2 is 1.88 bits per heavy atom. The average Bonchev–Trinajstić information content (AvgIpc) is 3.11. The first-order valence-electron chi connectivity index (χ1n) is 7.76. The first-order valence-corrected chi connectivity index (χ1v) is 9.59. The highest BCUT2D eigenvalue weighted by Crippen LogP contribution is 2.41. The van der Waals surface area contributed by atoms with Crippen LogP contribution in [0.3, 0.4) is 0 Å². The summed E-state index contributed by atoms with van der Waals surface area (Å²) in [6.07, 6.45) is 0.457. The maximum Gasteiger partial charge on any atom is 0.164 e. The average molecular weight is 354 g/mol. The normalized spacial score (nSPS) is 12.0. The Hall–Kier alpha value is -2.04. The number of carbonyl (C=O) groups excluding carboxylic acids is 1. The fourth-order valence-electron chi connectivity index (χ4n) is 2.45. The van der Waals surface area contributed by atoms with Crippen LogP contribution in [0, 0.1) is 6.92 Å². The highest BCUT2D eigenvalue weighted by molar-refractivity contribution is 7.99. The standard InChI is InChI=1S/C20H19NOS2/c1-14-6-8-15(9-7-14)18(22)12-20(16-10-11-23-13-16)24-19-5-3-2-4-17(19)21/h2-11,13,20H,12,21H2,1H3/t20-/m0/s1. The molecule has 0 saturated carbocycles.